The van der Waals surface area contributed by atoms with Crippen molar-refractivity contribution in [2.24, 2.45) is 0 Å². The first kappa shape index (κ1) is 16.9. The number of hydrogen-bond donors (Lipinski definition) is 1. The number of carbonyl (C=O) groups is 1. The molecular weight excluding hydrogens is 290 g/mol. The number of anilines is 1. The molecule has 0 radical (unpaired) electrons. The van der Waals surface area contributed by atoms with Gasteiger partial charge in [-0.25, -0.2) is 0 Å². The van der Waals surface area contributed by atoms with Gasteiger partial charge in [0.2, 0.25) is 0 Å². The summed E-state index contributed by atoms with van der Waals surface area (Å²) in [5.74, 6) is 1.30. The molecule has 0 heterocycles. The molecule has 1 N–H and O–H groups in total. The molecule has 0 saturated carbocycles. The monoisotopic (exact) mass is 313 g/mol. The van der Waals surface area contributed by atoms with Gasteiger partial charge in [-0.2, -0.15) is 0 Å². The number of benzene rings is 2. The molecule has 0 fully saturated rings. The van der Waals surface area contributed by atoms with Gasteiger partial charge in [-0.1, -0.05) is 19.1 Å². The second kappa shape index (κ2) is 8.22. The Bertz CT molecular complexity index is 637. The van der Waals surface area contributed by atoms with Crippen LogP contribution < -0.4 is 14.8 Å². The van der Waals surface area contributed by atoms with Gasteiger partial charge in [0.05, 0.1) is 6.10 Å². The molecule has 4 nitrogen and oxygen atoms in total. The molecule has 1 atom stereocenters. The van der Waals surface area contributed by atoms with Crippen molar-refractivity contribution in [1.82, 2.24) is 0 Å². The predicted molar refractivity (Wildman–Crippen MR) is 92.1 cm³/mol. The standard InChI is InChI=1S/C19H23NO3/c1-4-15(3)23-17-10-8-16(9-11-17)20-19(21)13-22-18-7-5-6-14(2)12-18/h5-12,15H,4,13H2,1-3H3,(H,20,21). The maximum absolute atomic E-state index is 11.9. The molecule has 2 rings (SSSR count). The van der Waals surface area contributed by atoms with Crippen molar-refractivity contribution in [2.75, 3.05) is 11.9 Å². The minimum absolute atomic E-state index is 0.0193. The Balaban J connectivity index is 1.83. The molecular formula is C19H23NO3. The third-order valence-corrected chi connectivity index (χ3v) is 3.41. The average molecular weight is 313 g/mol. The Morgan fingerprint density at radius 2 is 1.87 bits per heavy atom. The Labute approximate surface area is 137 Å². The van der Waals surface area contributed by atoms with Crippen LogP contribution in [0.4, 0.5) is 5.69 Å². The van der Waals surface area contributed by atoms with Crippen molar-refractivity contribution in [2.45, 2.75) is 33.3 Å². The fraction of sp³-hybridized carbons (Fsp3) is 0.316. The van der Waals surface area contributed by atoms with E-state index in [9.17, 15) is 4.79 Å². The highest BCUT2D eigenvalue weighted by molar-refractivity contribution is 5.91. The van der Waals surface area contributed by atoms with E-state index < -0.39 is 0 Å². The minimum atomic E-state index is -0.192. The molecule has 4 heteroatoms. The molecule has 0 saturated heterocycles. The van der Waals surface area contributed by atoms with Gasteiger partial charge in [0, 0.05) is 5.69 Å². The second-order valence-corrected chi connectivity index (χ2v) is 5.51. The number of amides is 1. The highest BCUT2D eigenvalue weighted by Gasteiger charge is 2.05. The number of rotatable bonds is 7. The lowest BCUT2D eigenvalue weighted by molar-refractivity contribution is -0.118. The number of ether oxygens (including phenoxy) is 2. The normalized spacial score (nSPS) is 11.6. The van der Waals surface area contributed by atoms with Crippen LogP contribution in [0.2, 0.25) is 0 Å². The molecule has 0 aliphatic rings. The summed E-state index contributed by atoms with van der Waals surface area (Å²) in [5.41, 5.74) is 1.82. The predicted octanol–water partition coefficient (Wildman–Crippen LogP) is 4.19. The lowest BCUT2D eigenvalue weighted by atomic mass is 10.2. The van der Waals surface area contributed by atoms with E-state index in [-0.39, 0.29) is 18.6 Å². The van der Waals surface area contributed by atoms with Gasteiger partial charge in [-0.3, -0.25) is 4.79 Å². The summed E-state index contributed by atoms with van der Waals surface area (Å²) in [5, 5.41) is 2.80. The Kier molecular flexibility index (Phi) is 6.03. The van der Waals surface area contributed by atoms with Crippen LogP contribution in [-0.4, -0.2) is 18.6 Å². The summed E-state index contributed by atoms with van der Waals surface area (Å²) in [7, 11) is 0. The van der Waals surface area contributed by atoms with Crippen molar-refractivity contribution in [3.05, 3.63) is 54.1 Å². The quantitative estimate of drug-likeness (QED) is 0.833. The van der Waals surface area contributed by atoms with Gasteiger partial charge in [0.25, 0.3) is 5.91 Å². The van der Waals surface area contributed by atoms with Crippen molar-refractivity contribution < 1.29 is 14.3 Å². The van der Waals surface area contributed by atoms with Gasteiger partial charge in [-0.15, -0.1) is 0 Å². The molecule has 2 aromatic carbocycles. The van der Waals surface area contributed by atoms with E-state index in [1.807, 2.05) is 62.4 Å². The Morgan fingerprint density at radius 3 is 2.52 bits per heavy atom. The molecule has 0 bridgehead atoms. The number of hydrogen-bond acceptors (Lipinski definition) is 3. The summed E-state index contributed by atoms with van der Waals surface area (Å²) in [6.45, 7) is 6.07. The topological polar surface area (TPSA) is 47.6 Å². The van der Waals surface area contributed by atoms with E-state index in [1.54, 1.807) is 0 Å². The highest BCUT2D eigenvalue weighted by atomic mass is 16.5. The first-order valence-electron chi connectivity index (χ1n) is 7.83. The second-order valence-electron chi connectivity index (χ2n) is 5.51. The smallest absolute Gasteiger partial charge is 0.262 e. The molecule has 0 aliphatic heterocycles. The summed E-state index contributed by atoms with van der Waals surface area (Å²) in [6.07, 6.45) is 1.13. The fourth-order valence-electron chi connectivity index (χ4n) is 1.98. The van der Waals surface area contributed by atoms with E-state index >= 15 is 0 Å². The van der Waals surface area contributed by atoms with Gasteiger partial charge >= 0.3 is 0 Å². The van der Waals surface area contributed by atoms with Gasteiger partial charge in [0.15, 0.2) is 6.61 Å². The lowest BCUT2D eigenvalue weighted by Crippen LogP contribution is -2.20. The Hall–Kier alpha value is -2.49. The number of aryl methyl sites for hydroxylation is 1. The molecule has 0 aliphatic carbocycles. The zero-order chi connectivity index (χ0) is 16.7. The first-order valence-corrected chi connectivity index (χ1v) is 7.83. The Morgan fingerprint density at radius 1 is 1.13 bits per heavy atom. The fourth-order valence-corrected chi connectivity index (χ4v) is 1.98. The van der Waals surface area contributed by atoms with E-state index in [0.29, 0.717) is 5.75 Å². The van der Waals surface area contributed by atoms with Gasteiger partial charge < -0.3 is 14.8 Å². The van der Waals surface area contributed by atoms with Gasteiger partial charge in [0.1, 0.15) is 11.5 Å². The molecule has 23 heavy (non-hydrogen) atoms. The van der Waals surface area contributed by atoms with E-state index in [1.165, 1.54) is 0 Å². The van der Waals surface area contributed by atoms with Crippen molar-refractivity contribution >= 4 is 11.6 Å². The van der Waals surface area contributed by atoms with Crippen LogP contribution in [-0.2, 0) is 4.79 Å². The molecule has 0 spiro atoms. The first-order chi connectivity index (χ1) is 11.1. The van der Waals surface area contributed by atoms with Crippen molar-refractivity contribution in [3.63, 3.8) is 0 Å². The summed E-state index contributed by atoms with van der Waals surface area (Å²) < 4.78 is 11.2. The molecule has 122 valence electrons. The van der Waals surface area contributed by atoms with Crippen LogP contribution in [0.5, 0.6) is 11.5 Å². The molecule has 1 amide bonds. The van der Waals surface area contributed by atoms with E-state index in [4.69, 9.17) is 9.47 Å². The third kappa shape index (κ3) is 5.66. The average Bonchev–Trinajstić information content (AvgIpc) is 2.55. The zero-order valence-electron chi connectivity index (χ0n) is 13.8. The molecule has 0 aromatic heterocycles. The SMILES string of the molecule is CCC(C)Oc1ccc(NC(=O)COc2cccc(C)c2)cc1. The summed E-state index contributed by atoms with van der Waals surface area (Å²) in [4.78, 5) is 11.9. The van der Waals surface area contributed by atoms with E-state index in [2.05, 4.69) is 12.2 Å². The van der Waals surface area contributed by atoms with Crippen molar-refractivity contribution in [3.8, 4) is 11.5 Å². The lowest BCUT2D eigenvalue weighted by Gasteiger charge is -2.13. The zero-order valence-corrected chi connectivity index (χ0v) is 13.8. The third-order valence-electron chi connectivity index (χ3n) is 3.41. The van der Waals surface area contributed by atoms with Crippen molar-refractivity contribution in [1.29, 1.82) is 0 Å². The number of carbonyl (C=O) groups excluding carboxylic acids is 1. The number of nitrogens with one attached hydrogen (secondary N) is 1. The van der Waals surface area contributed by atoms with Crippen LogP contribution in [0.1, 0.15) is 25.8 Å². The van der Waals surface area contributed by atoms with Crippen LogP contribution in [0.3, 0.4) is 0 Å². The maximum atomic E-state index is 11.9. The van der Waals surface area contributed by atoms with E-state index in [0.717, 1.165) is 23.4 Å². The van der Waals surface area contributed by atoms with Crippen LogP contribution in [0.25, 0.3) is 0 Å². The van der Waals surface area contributed by atoms with Gasteiger partial charge in [-0.05, 0) is 62.2 Å². The maximum Gasteiger partial charge on any atom is 0.262 e. The highest BCUT2D eigenvalue weighted by Crippen LogP contribution is 2.18. The molecule has 1 unspecified atom stereocenters. The minimum Gasteiger partial charge on any atom is -0.491 e. The largest absolute Gasteiger partial charge is 0.491 e. The summed E-state index contributed by atoms with van der Waals surface area (Å²) in [6, 6.07) is 15.0. The van der Waals surface area contributed by atoms with Crippen LogP contribution in [0.15, 0.2) is 48.5 Å². The molecule has 2 aromatic rings. The van der Waals surface area contributed by atoms with Crippen LogP contribution in [0, 0.1) is 6.92 Å². The van der Waals surface area contributed by atoms with Crippen LogP contribution >= 0.6 is 0 Å². The summed E-state index contributed by atoms with van der Waals surface area (Å²) >= 11 is 0.